The van der Waals surface area contributed by atoms with Gasteiger partial charge in [0.1, 0.15) is 11.6 Å². The van der Waals surface area contributed by atoms with Crippen LogP contribution in [0.3, 0.4) is 0 Å². The number of halogens is 2. The molecule has 2 fully saturated rings. The number of likely N-dealkylation sites (tertiary alicyclic amines) is 1. The van der Waals surface area contributed by atoms with Crippen molar-refractivity contribution in [1.29, 1.82) is 0 Å². The van der Waals surface area contributed by atoms with E-state index < -0.39 is 0 Å². The van der Waals surface area contributed by atoms with Gasteiger partial charge in [0.15, 0.2) is 0 Å². The highest BCUT2D eigenvalue weighted by molar-refractivity contribution is 5.79. The number of nitrogens with zero attached hydrogens (tertiary/aromatic N) is 1. The quantitative estimate of drug-likeness (QED) is 0.866. The average Bonchev–Trinajstić information content (AvgIpc) is 2.99. The Bertz CT molecular complexity index is 841. The number of hydrogen-bond donors (Lipinski definition) is 1. The summed E-state index contributed by atoms with van der Waals surface area (Å²) in [6, 6.07) is 13.2. The number of nitrogens with one attached hydrogen (secondary N) is 1. The molecule has 2 aromatic carbocycles. The molecule has 4 rings (SSSR count). The summed E-state index contributed by atoms with van der Waals surface area (Å²) in [5.74, 6) is -0.489. The van der Waals surface area contributed by atoms with Crippen molar-refractivity contribution in [3.8, 4) is 0 Å². The van der Waals surface area contributed by atoms with Gasteiger partial charge in [0.05, 0.1) is 6.42 Å². The third-order valence-electron chi connectivity index (χ3n) is 6.04. The van der Waals surface area contributed by atoms with E-state index in [4.69, 9.17) is 0 Å². The summed E-state index contributed by atoms with van der Waals surface area (Å²) < 4.78 is 27.3. The number of benzene rings is 2. The first-order valence-electron chi connectivity index (χ1n) is 10.1. The Hall–Kier alpha value is -2.27. The minimum atomic E-state index is -0.324. The first-order valence-corrected chi connectivity index (χ1v) is 10.1. The minimum absolute atomic E-state index is 0.0156. The number of hydrogen-bond acceptors (Lipinski definition) is 2. The van der Waals surface area contributed by atoms with Crippen LogP contribution < -0.4 is 5.32 Å². The summed E-state index contributed by atoms with van der Waals surface area (Å²) in [6.07, 6.45) is 4.49. The highest BCUT2D eigenvalue weighted by Gasteiger charge is 2.44. The van der Waals surface area contributed by atoms with Gasteiger partial charge in [-0.05, 0) is 54.8 Å². The van der Waals surface area contributed by atoms with Crippen LogP contribution in [0.25, 0.3) is 0 Å². The zero-order chi connectivity index (χ0) is 19.5. The van der Waals surface area contributed by atoms with Crippen LogP contribution in [-0.2, 0) is 11.2 Å². The molecule has 0 aliphatic carbocycles. The first-order chi connectivity index (χ1) is 13.6. The van der Waals surface area contributed by atoms with E-state index in [1.165, 1.54) is 18.2 Å². The molecule has 0 radical (unpaired) electrons. The van der Waals surface area contributed by atoms with Crippen molar-refractivity contribution >= 4 is 5.91 Å². The van der Waals surface area contributed by atoms with Gasteiger partial charge < -0.3 is 10.2 Å². The second-order valence-corrected chi connectivity index (χ2v) is 7.91. The fourth-order valence-electron chi connectivity index (χ4n) is 4.72. The predicted molar refractivity (Wildman–Crippen MR) is 105 cm³/mol. The van der Waals surface area contributed by atoms with Crippen LogP contribution in [0, 0.1) is 11.6 Å². The average molecular weight is 384 g/mol. The van der Waals surface area contributed by atoms with Crippen LogP contribution in [0.4, 0.5) is 8.78 Å². The Kier molecular flexibility index (Phi) is 5.72. The first kappa shape index (κ1) is 19.1. The summed E-state index contributed by atoms with van der Waals surface area (Å²) in [5.41, 5.74) is 1.62. The van der Waals surface area contributed by atoms with Crippen molar-refractivity contribution in [2.45, 2.75) is 50.1 Å². The van der Waals surface area contributed by atoms with Crippen molar-refractivity contribution < 1.29 is 13.6 Å². The van der Waals surface area contributed by atoms with E-state index in [0.717, 1.165) is 37.8 Å². The molecule has 5 heteroatoms. The van der Waals surface area contributed by atoms with Crippen molar-refractivity contribution in [1.82, 2.24) is 10.2 Å². The minimum Gasteiger partial charge on any atom is -0.337 e. The number of carbonyl (C=O) groups excluding carboxylic acids is 1. The molecular formula is C23H26F2N2O. The maximum absolute atomic E-state index is 13.8. The fourth-order valence-corrected chi connectivity index (χ4v) is 4.72. The van der Waals surface area contributed by atoms with E-state index in [-0.39, 0.29) is 42.0 Å². The maximum atomic E-state index is 13.8. The summed E-state index contributed by atoms with van der Waals surface area (Å²) >= 11 is 0. The van der Waals surface area contributed by atoms with Gasteiger partial charge in [-0.25, -0.2) is 8.78 Å². The zero-order valence-electron chi connectivity index (χ0n) is 15.9. The molecule has 148 valence electrons. The molecule has 1 amide bonds. The van der Waals surface area contributed by atoms with Gasteiger partial charge in [-0.1, -0.05) is 37.1 Å². The monoisotopic (exact) mass is 384 g/mol. The van der Waals surface area contributed by atoms with Gasteiger partial charge >= 0.3 is 0 Å². The smallest absolute Gasteiger partial charge is 0.227 e. The Morgan fingerprint density at radius 2 is 1.82 bits per heavy atom. The van der Waals surface area contributed by atoms with Gasteiger partial charge in [-0.3, -0.25) is 4.79 Å². The van der Waals surface area contributed by atoms with Crippen molar-refractivity contribution in [2.75, 3.05) is 13.1 Å². The Labute approximate surface area is 164 Å². The van der Waals surface area contributed by atoms with Gasteiger partial charge in [-0.15, -0.1) is 0 Å². The molecule has 2 aromatic rings. The number of amides is 1. The largest absolute Gasteiger partial charge is 0.337 e. The van der Waals surface area contributed by atoms with Gasteiger partial charge in [0, 0.05) is 24.5 Å². The Balaban J connectivity index is 1.59. The van der Waals surface area contributed by atoms with E-state index in [1.54, 1.807) is 24.3 Å². The lowest BCUT2D eigenvalue weighted by molar-refractivity contribution is -0.131. The lowest BCUT2D eigenvalue weighted by Gasteiger charge is -2.31. The van der Waals surface area contributed by atoms with E-state index in [0.29, 0.717) is 12.1 Å². The molecule has 0 spiro atoms. The molecule has 0 bridgehead atoms. The molecular weight excluding hydrogens is 358 g/mol. The third kappa shape index (κ3) is 4.09. The Morgan fingerprint density at radius 1 is 1.04 bits per heavy atom. The molecule has 0 aromatic heterocycles. The standard InChI is InChI=1S/C23H26F2N2O/c24-18-8-4-6-16(12-18)13-22(28)27-15-20(17-7-5-9-19(25)14-17)23-21(27)10-2-1-3-11-26-23/h4-9,12,14,20-21,23,26H,1-3,10-11,13,15H2/t20-,21+,23-/m0/s1. The third-order valence-corrected chi connectivity index (χ3v) is 6.04. The van der Waals surface area contributed by atoms with Crippen LogP contribution in [0.5, 0.6) is 0 Å². The molecule has 28 heavy (non-hydrogen) atoms. The van der Waals surface area contributed by atoms with E-state index in [9.17, 15) is 13.6 Å². The van der Waals surface area contributed by atoms with Gasteiger partial charge in [-0.2, -0.15) is 0 Å². The second-order valence-electron chi connectivity index (χ2n) is 7.91. The molecule has 3 atom stereocenters. The van der Waals surface area contributed by atoms with E-state index in [1.807, 2.05) is 11.0 Å². The molecule has 1 N–H and O–H groups in total. The van der Waals surface area contributed by atoms with Crippen molar-refractivity contribution in [2.24, 2.45) is 0 Å². The lowest BCUT2D eigenvalue weighted by atomic mass is 9.88. The molecule has 0 saturated carbocycles. The second kappa shape index (κ2) is 8.39. The molecule has 2 aliphatic rings. The Morgan fingerprint density at radius 3 is 2.61 bits per heavy atom. The number of carbonyl (C=O) groups is 1. The van der Waals surface area contributed by atoms with Crippen LogP contribution in [0.15, 0.2) is 48.5 Å². The van der Waals surface area contributed by atoms with Crippen molar-refractivity contribution in [3.05, 3.63) is 71.3 Å². The molecule has 2 heterocycles. The van der Waals surface area contributed by atoms with Crippen LogP contribution in [0.2, 0.25) is 0 Å². The fraction of sp³-hybridized carbons (Fsp3) is 0.435. The highest BCUT2D eigenvalue weighted by Crippen LogP contribution is 2.36. The van der Waals surface area contributed by atoms with Gasteiger partial charge in [0.25, 0.3) is 0 Å². The molecule has 2 aliphatic heterocycles. The SMILES string of the molecule is O=C(Cc1cccc(F)c1)N1C[C@@H](c2cccc(F)c2)[C@@H]2NCCCCC[C@H]21. The van der Waals surface area contributed by atoms with Crippen LogP contribution in [-0.4, -0.2) is 36.0 Å². The predicted octanol–water partition coefficient (Wildman–Crippen LogP) is 4.03. The normalized spacial score (nSPS) is 25.1. The van der Waals surface area contributed by atoms with Crippen molar-refractivity contribution in [3.63, 3.8) is 0 Å². The topological polar surface area (TPSA) is 32.3 Å². The lowest BCUT2D eigenvalue weighted by Crippen LogP contribution is -2.47. The molecule has 0 unspecified atom stereocenters. The zero-order valence-corrected chi connectivity index (χ0v) is 15.9. The summed E-state index contributed by atoms with van der Waals surface area (Å²) in [5, 5.41) is 3.63. The highest BCUT2D eigenvalue weighted by atomic mass is 19.1. The number of fused-ring (bicyclic) bond motifs is 1. The maximum Gasteiger partial charge on any atom is 0.227 e. The summed E-state index contributed by atoms with van der Waals surface area (Å²) in [6.45, 7) is 1.48. The summed E-state index contributed by atoms with van der Waals surface area (Å²) in [4.78, 5) is 15.1. The molecule has 3 nitrogen and oxygen atoms in total. The van der Waals surface area contributed by atoms with Crippen LogP contribution in [0.1, 0.15) is 42.7 Å². The number of rotatable bonds is 3. The van der Waals surface area contributed by atoms with Gasteiger partial charge in [0.2, 0.25) is 5.91 Å². The molecule has 2 saturated heterocycles. The van der Waals surface area contributed by atoms with E-state index in [2.05, 4.69) is 5.32 Å². The summed E-state index contributed by atoms with van der Waals surface area (Å²) in [7, 11) is 0. The van der Waals surface area contributed by atoms with E-state index >= 15 is 0 Å². The van der Waals surface area contributed by atoms with Crippen LogP contribution >= 0.6 is 0 Å².